The summed E-state index contributed by atoms with van der Waals surface area (Å²) >= 11 is 0. The Morgan fingerprint density at radius 1 is 0.650 bits per heavy atom. The highest BCUT2D eigenvalue weighted by molar-refractivity contribution is 4.80. The van der Waals surface area contributed by atoms with Gasteiger partial charge in [0.15, 0.2) is 0 Å². The quantitative estimate of drug-likeness (QED) is 0.376. The predicted octanol–water partition coefficient (Wildman–Crippen LogP) is 7.18. The second-order valence-corrected chi connectivity index (χ2v) is 7.54. The Bertz CT molecular complexity index is 218. The van der Waals surface area contributed by atoms with Crippen LogP contribution in [-0.2, 0) is 0 Å². The average Bonchev–Trinajstić information content (AvgIpc) is 2.42. The molecule has 0 saturated heterocycles. The molecule has 0 aromatic heterocycles. The van der Waals surface area contributed by atoms with E-state index in [1.807, 2.05) is 0 Å². The van der Waals surface area contributed by atoms with E-state index in [2.05, 4.69) is 55.4 Å². The smallest absolute Gasteiger partial charge is 0.0355 e. The topological polar surface area (TPSA) is 0 Å². The first-order valence-electron chi connectivity index (χ1n) is 9.42. The van der Waals surface area contributed by atoms with Gasteiger partial charge in [0.05, 0.1) is 0 Å². The molecule has 0 heterocycles. The van der Waals surface area contributed by atoms with Gasteiger partial charge in [0.25, 0.3) is 0 Å². The van der Waals surface area contributed by atoms with Crippen molar-refractivity contribution in [2.75, 3.05) is 0 Å². The molecule has 0 nitrogen and oxygen atoms in total. The Hall–Kier alpha value is 0. The van der Waals surface area contributed by atoms with Crippen LogP contribution in [0.4, 0.5) is 0 Å². The standard InChI is InChI=1S/C20H42/c1-9-13-17(8)20(19(12-4)15(5)6)14-18(11-3)16(7)10-2/h15-20H,9-14H2,1-8H3. The van der Waals surface area contributed by atoms with E-state index >= 15 is 0 Å². The van der Waals surface area contributed by atoms with Crippen molar-refractivity contribution in [3.8, 4) is 0 Å². The molecule has 0 aromatic carbocycles. The van der Waals surface area contributed by atoms with Crippen LogP contribution in [0.2, 0.25) is 0 Å². The molecule has 5 atom stereocenters. The molecule has 0 N–H and O–H groups in total. The minimum atomic E-state index is 0.832. The van der Waals surface area contributed by atoms with Crippen molar-refractivity contribution in [2.45, 2.75) is 93.9 Å². The maximum absolute atomic E-state index is 2.52. The highest BCUT2D eigenvalue weighted by atomic mass is 14.4. The lowest BCUT2D eigenvalue weighted by atomic mass is 9.68. The van der Waals surface area contributed by atoms with E-state index in [0.717, 1.165) is 35.5 Å². The van der Waals surface area contributed by atoms with E-state index in [9.17, 15) is 0 Å². The van der Waals surface area contributed by atoms with Gasteiger partial charge >= 0.3 is 0 Å². The summed E-state index contributed by atoms with van der Waals surface area (Å²) in [6.45, 7) is 19.4. The molecule has 0 bridgehead atoms. The molecule has 0 spiro atoms. The van der Waals surface area contributed by atoms with Gasteiger partial charge in [0.1, 0.15) is 0 Å². The monoisotopic (exact) mass is 282 g/mol. The van der Waals surface area contributed by atoms with Crippen LogP contribution in [0.25, 0.3) is 0 Å². The Labute approximate surface area is 130 Å². The minimum absolute atomic E-state index is 0.832. The molecule has 122 valence electrons. The minimum Gasteiger partial charge on any atom is -0.0654 e. The highest BCUT2D eigenvalue weighted by Gasteiger charge is 2.30. The normalized spacial score (nSPS) is 19.6. The van der Waals surface area contributed by atoms with E-state index in [-0.39, 0.29) is 0 Å². The second-order valence-electron chi connectivity index (χ2n) is 7.54. The van der Waals surface area contributed by atoms with Crippen LogP contribution < -0.4 is 0 Å². The number of hydrogen-bond donors (Lipinski definition) is 0. The SMILES string of the molecule is CCCC(C)C(CC(CC)C(C)CC)C(CC)C(C)C. The van der Waals surface area contributed by atoms with Crippen LogP contribution in [0, 0.1) is 35.5 Å². The van der Waals surface area contributed by atoms with E-state index in [0.29, 0.717) is 0 Å². The molecule has 5 unspecified atom stereocenters. The van der Waals surface area contributed by atoms with Gasteiger partial charge in [-0.1, -0.05) is 87.5 Å². The third kappa shape index (κ3) is 6.19. The van der Waals surface area contributed by atoms with Gasteiger partial charge in [-0.25, -0.2) is 0 Å². The fourth-order valence-corrected chi connectivity index (χ4v) is 4.25. The highest BCUT2D eigenvalue weighted by Crippen LogP contribution is 2.39. The second kappa shape index (κ2) is 10.7. The first kappa shape index (κ1) is 20.0. The summed E-state index contributed by atoms with van der Waals surface area (Å²) in [5.74, 6) is 5.39. The summed E-state index contributed by atoms with van der Waals surface area (Å²) in [4.78, 5) is 0. The van der Waals surface area contributed by atoms with Crippen molar-refractivity contribution in [3.63, 3.8) is 0 Å². The van der Waals surface area contributed by atoms with Gasteiger partial charge in [-0.15, -0.1) is 0 Å². The Morgan fingerprint density at radius 2 is 1.25 bits per heavy atom. The third-order valence-electron chi connectivity index (χ3n) is 5.90. The predicted molar refractivity (Wildman–Crippen MR) is 94.0 cm³/mol. The summed E-state index contributed by atoms with van der Waals surface area (Å²) in [6, 6.07) is 0. The van der Waals surface area contributed by atoms with E-state index in [1.165, 1.54) is 38.5 Å². The number of rotatable bonds is 11. The molecule has 0 fully saturated rings. The van der Waals surface area contributed by atoms with Crippen molar-refractivity contribution in [3.05, 3.63) is 0 Å². The molecule has 0 aliphatic heterocycles. The van der Waals surface area contributed by atoms with Crippen molar-refractivity contribution < 1.29 is 0 Å². The zero-order valence-electron chi connectivity index (χ0n) is 15.7. The largest absolute Gasteiger partial charge is 0.0654 e. The van der Waals surface area contributed by atoms with Crippen LogP contribution in [0.15, 0.2) is 0 Å². The van der Waals surface area contributed by atoms with E-state index in [4.69, 9.17) is 0 Å². The molecule has 0 aliphatic rings. The van der Waals surface area contributed by atoms with Crippen molar-refractivity contribution in [1.29, 1.82) is 0 Å². The van der Waals surface area contributed by atoms with E-state index in [1.54, 1.807) is 0 Å². The van der Waals surface area contributed by atoms with E-state index < -0.39 is 0 Å². The molecule has 0 aromatic rings. The van der Waals surface area contributed by atoms with Gasteiger partial charge < -0.3 is 0 Å². The van der Waals surface area contributed by atoms with Crippen LogP contribution in [0.1, 0.15) is 93.9 Å². The lowest BCUT2D eigenvalue weighted by Crippen LogP contribution is -2.29. The maximum Gasteiger partial charge on any atom is -0.0355 e. The molecule has 0 heteroatoms. The Morgan fingerprint density at radius 3 is 1.60 bits per heavy atom. The lowest BCUT2D eigenvalue weighted by molar-refractivity contribution is 0.122. The molecular weight excluding hydrogens is 240 g/mol. The molecule has 0 radical (unpaired) electrons. The Kier molecular flexibility index (Phi) is 10.7. The van der Waals surface area contributed by atoms with Gasteiger partial charge in [-0.05, 0) is 41.9 Å². The van der Waals surface area contributed by atoms with Gasteiger partial charge in [0, 0.05) is 0 Å². The number of hydrogen-bond acceptors (Lipinski definition) is 0. The van der Waals surface area contributed by atoms with Crippen molar-refractivity contribution in [2.24, 2.45) is 35.5 Å². The molecule has 0 saturated carbocycles. The van der Waals surface area contributed by atoms with Crippen molar-refractivity contribution >= 4 is 0 Å². The van der Waals surface area contributed by atoms with Crippen LogP contribution in [0.5, 0.6) is 0 Å². The fourth-order valence-electron chi connectivity index (χ4n) is 4.25. The zero-order chi connectivity index (χ0) is 15.7. The first-order chi connectivity index (χ1) is 9.42. The molecule has 0 amide bonds. The summed E-state index contributed by atoms with van der Waals surface area (Å²) in [5, 5.41) is 0. The molecule has 0 aliphatic carbocycles. The van der Waals surface area contributed by atoms with Gasteiger partial charge in [0.2, 0.25) is 0 Å². The molecular formula is C20H42. The van der Waals surface area contributed by atoms with Crippen LogP contribution in [-0.4, -0.2) is 0 Å². The van der Waals surface area contributed by atoms with Crippen LogP contribution in [0.3, 0.4) is 0 Å². The zero-order valence-corrected chi connectivity index (χ0v) is 15.7. The summed E-state index contributed by atoms with van der Waals surface area (Å²) in [7, 11) is 0. The molecule has 20 heavy (non-hydrogen) atoms. The lowest BCUT2D eigenvalue weighted by Gasteiger charge is -2.37. The summed E-state index contributed by atoms with van der Waals surface area (Å²) in [5.41, 5.74) is 0. The third-order valence-corrected chi connectivity index (χ3v) is 5.90. The summed E-state index contributed by atoms with van der Waals surface area (Å²) in [6.07, 6.45) is 8.26. The first-order valence-corrected chi connectivity index (χ1v) is 9.42. The van der Waals surface area contributed by atoms with Crippen molar-refractivity contribution in [1.82, 2.24) is 0 Å². The van der Waals surface area contributed by atoms with Gasteiger partial charge in [-0.2, -0.15) is 0 Å². The maximum atomic E-state index is 2.52. The summed E-state index contributed by atoms with van der Waals surface area (Å²) < 4.78 is 0. The van der Waals surface area contributed by atoms with Crippen LogP contribution >= 0.6 is 0 Å². The molecule has 0 rings (SSSR count). The van der Waals surface area contributed by atoms with Gasteiger partial charge in [-0.3, -0.25) is 0 Å². The fraction of sp³-hybridized carbons (Fsp3) is 1.00. The Balaban J connectivity index is 4.99. The average molecular weight is 283 g/mol.